The van der Waals surface area contributed by atoms with Crippen molar-refractivity contribution in [1.29, 1.82) is 0 Å². The van der Waals surface area contributed by atoms with E-state index in [0.717, 1.165) is 15.8 Å². The summed E-state index contributed by atoms with van der Waals surface area (Å²) in [6.07, 6.45) is 1.67. The van der Waals surface area contributed by atoms with E-state index in [1.807, 2.05) is 34.9 Å². The maximum atomic E-state index is 12.1. The first-order valence-electron chi connectivity index (χ1n) is 7.69. The van der Waals surface area contributed by atoms with E-state index in [0.29, 0.717) is 5.16 Å². The molecule has 1 aromatic heterocycles. The van der Waals surface area contributed by atoms with Gasteiger partial charge in [0.2, 0.25) is 5.91 Å². The van der Waals surface area contributed by atoms with Crippen LogP contribution in [-0.4, -0.2) is 26.4 Å². The molecule has 0 unspecified atom stereocenters. The monoisotopic (exact) mass is 416 g/mol. The molecule has 1 heterocycles. The average Bonchev–Trinajstić information content (AvgIpc) is 3.06. The molecule has 2 aromatic carbocycles. The second kappa shape index (κ2) is 7.84. The van der Waals surface area contributed by atoms with Crippen LogP contribution in [0.2, 0.25) is 0 Å². The number of nitrogens with one attached hydrogen (secondary N) is 1. The molecule has 0 aliphatic carbocycles. The Labute approximate surface area is 159 Å². The fourth-order valence-electron chi connectivity index (χ4n) is 2.24. The van der Waals surface area contributed by atoms with Crippen LogP contribution in [0.1, 0.15) is 11.1 Å². The van der Waals surface area contributed by atoms with Crippen LogP contribution in [0.15, 0.2) is 58.4 Å². The lowest BCUT2D eigenvalue weighted by Crippen LogP contribution is -2.14. The van der Waals surface area contributed by atoms with Crippen molar-refractivity contribution in [3.63, 3.8) is 0 Å². The van der Waals surface area contributed by atoms with E-state index in [4.69, 9.17) is 0 Å². The van der Waals surface area contributed by atoms with Gasteiger partial charge in [-0.1, -0.05) is 33.8 Å². The standard InChI is InChI=1S/C18H17BrN4OS/c1-12-3-8-16(9-13(12)2)23-11-20-22-18(23)25-10-17(24)21-15-6-4-14(19)5-7-15/h3-9,11H,10H2,1-2H3,(H,21,24). The Kier molecular flexibility index (Phi) is 5.55. The molecule has 3 aromatic rings. The summed E-state index contributed by atoms with van der Waals surface area (Å²) < 4.78 is 2.87. The molecule has 0 saturated carbocycles. The maximum absolute atomic E-state index is 12.1. The highest BCUT2D eigenvalue weighted by Crippen LogP contribution is 2.22. The highest BCUT2D eigenvalue weighted by Gasteiger charge is 2.11. The summed E-state index contributed by atoms with van der Waals surface area (Å²) in [6, 6.07) is 13.7. The van der Waals surface area contributed by atoms with E-state index < -0.39 is 0 Å². The van der Waals surface area contributed by atoms with Crippen molar-refractivity contribution in [2.75, 3.05) is 11.1 Å². The van der Waals surface area contributed by atoms with E-state index in [1.165, 1.54) is 22.9 Å². The molecule has 1 amide bonds. The summed E-state index contributed by atoms with van der Waals surface area (Å²) in [5.74, 6) is 0.182. The summed E-state index contributed by atoms with van der Waals surface area (Å²) in [6.45, 7) is 4.15. The Bertz CT molecular complexity index is 892. The highest BCUT2D eigenvalue weighted by molar-refractivity contribution is 9.10. The number of anilines is 1. The molecule has 3 rings (SSSR count). The van der Waals surface area contributed by atoms with Gasteiger partial charge in [-0.2, -0.15) is 0 Å². The van der Waals surface area contributed by atoms with E-state index >= 15 is 0 Å². The van der Waals surface area contributed by atoms with Crippen LogP contribution in [0, 0.1) is 13.8 Å². The molecule has 0 fully saturated rings. The lowest BCUT2D eigenvalue weighted by molar-refractivity contribution is -0.113. The Morgan fingerprint density at radius 3 is 2.64 bits per heavy atom. The van der Waals surface area contributed by atoms with Crippen LogP contribution < -0.4 is 5.32 Å². The largest absolute Gasteiger partial charge is 0.325 e. The van der Waals surface area contributed by atoms with Crippen molar-refractivity contribution in [1.82, 2.24) is 14.8 Å². The zero-order valence-electron chi connectivity index (χ0n) is 13.9. The molecule has 7 heteroatoms. The Hall–Kier alpha value is -2.12. The second-order valence-electron chi connectivity index (χ2n) is 5.60. The number of thioether (sulfide) groups is 1. The fourth-order valence-corrected chi connectivity index (χ4v) is 3.23. The Balaban J connectivity index is 1.66. The van der Waals surface area contributed by atoms with E-state index in [1.54, 1.807) is 6.33 Å². The minimum Gasteiger partial charge on any atom is -0.325 e. The van der Waals surface area contributed by atoms with Gasteiger partial charge in [-0.05, 0) is 61.4 Å². The summed E-state index contributed by atoms with van der Waals surface area (Å²) in [5.41, 5.74) is 4.20. The number of aromatic nitrogens is 3. The molecule has 0 aliphatic rings. The lowest BCUT2D eigenvalue weighted by atomic mass is 10.1. The zero-order valence-corrected chi connectivity index (χ0v) is 16.3. The van der Waals surface area contributed by atoms with Crippen LogP contribution in [-0.2, 0) is 4.79 Å². The number of benzene rings is 2. The molecule has 5 nitrogen and oxygen atoms in total. The first kappa shape index (κ1) is 17.7. The van der Waals surface area contributed by atoms with Gasteiger partial charge in [0.15, 0.2) is 5.16 Å². The van der Waals surface area contributed by atoms with Gasteiger partial charge in [0.25, 0.3) is 0 Å². The molecular formula is C18H17BrN4OS. The molecule has 0 radical (unpaired) electrons. The van der Waals surface area contributed by atoms with Gasteiger partial charge in [-0.25, -0.2) is 0 Å². The minimum absolute atomic E-state index is 0.0815. The third kappa shape index (κ3) is 4.49. The van der Waals surface area contributed by atoms with E-state index in [-0.39, 0.29) is 11.7 Å². The Morgan fingerprint density at radius 2 is 1.92 bits per heavy atom. The molecule has 0 spiro atoms. The smallest absolute Gasteiger partial charge is 0.234 e. The number of hydrogen-bond acceptors (Lipinski definition) is 4. The number of hydrogen-bond donors (Lipinski definition) is 1. The summed E-state index contributed by atoms with van der Waals surface area (Å²) >= 11 is 4.73. The zero-order chi connectivity index (χ0) is 17.8. The van der Waals surface area contributed by atoms with Crippen molar-refractivity contribution >= 4 is 39.3 Å². The van der Waals surface area contributed by atoms with Crippen molar-refractivity contribution < 1.29 is 4.79 Å². The van der Waals surface area contributed by atoms with Crippen LogP contribution in [0.3, 0.4) is 0 Å². The van der Waals surface area contributed by atoms with Crippen LogP contribution in [0.4, 0.5) is 5.69 Å². The van der Waals surface area contributed by atoms with Crippen LogP contribution >= 0.6 is 27.7 Å². The topological polar surface area (TPSA) is 59.8 Å². The normalized spacial score (nSPS) is 10.7. The second-order valence-corrected chi connectivity index (χ2v) is 7.45. The summed E-state index contributed by atoms with van der Waals surface area (Å²) in [7, 11) is 0. The third-order valence-electron chi connectivity index (χ3n) is 3.75. The number of halogens is 1. The number of nitrogens with zero attached hydrogens (tertiary/aromatic N) is 3. The van der Waals surface area contributed by atoms with Crippen LogP contribution in [0.25, 0.3) is 5.69 Å². The van der Waals surface area contributed by atoms with Gasteiger partial charge in [0.05, 0.1) is 5.75 Å². The first-order chi connectivity index (χ1) is 12.0. The molecule has 25 heavy (non-hydrogen) atoms. The number of amides is 1. The quantitative estimate of drug-likeness (QED) is 0.626. The van der Waals surface area contributed by atoms with Crippen LogP contribution in [0.5, 0.6) is 0 Å². The summed E-state index contributed by atoms with van der Waals surface area (Å²) in [4.78, 5) is 12.1. The fraction of sp³-hybridized carbons (Fsp3) is 0.167. The number of carbonyl (C=O) groups is 1. The third-order valence-corrected chi connectivity index (χ3v) is 5.22. The van der Waals surface area contributed by atoms with Gasteiger partial charge in [-0.3, -0.25) is 9.36 Å². The van der Waals surface area contributed by atoms with Gasteiger partial charge < -0.3 is 5.32 Å². The van der Waals surface area contributed by atoms with Crippen molar-refractivity contribution in [2.24, 2.45) is 0 Å². The molecule has 128 valence electrons. The Morgan fingerprint density at radius 1 is 1.16 bits per heavy atom. The lowest BCUT2D eigenvalue weighted by Gasteiger charge is -2.09. The molecule has 0 saturated heterocycles. The molecule has 1 N–H and O–H groups in total. The van der Waals surface area contributed by atoms with Gasteiger partial charge in [0.1, 0.15) is 6.33 Å². The molecule has 0 atom stereocenters. The minimum atomic E-state index is -0.0815. The molecule has 0 aliphatic heterocycles. The predicted molar refractivity (Wildman–Crippen MR) is 104 cm³/mol. The SMILES string of the molecule is Cc1ccc(-n2cnnc2SCC(=O)Nc2ccc(Br)cc2)cc1C. The highest BCUT2D eigenvalue weighted by atomic mass is 79.9. The first-order valence-corrected chi connectivity index (χ1v) is 9.46. The van der Waals surface area contributed by atoms with Gasteiger partial charge >= 0.3 is 0 Å². The van der Waals surface area contributed by atoms with Crippen molar-refractivity contribution in [2.45, 2.75) is 19.0 Å². The molecular weight excluding hydrogens is 400 g/mol. The van der Waals surface area contributed by atoms with Gasteiger partial charge in [0, 0.05) is 15.8 Å². The van der Waals surface area contributed by atoms with E-state index in [9.17, 15) is 4.79 Å². The molecule has 0 bridgehead atoms. The van der Waals surface area contributed by atoms with Gasteiger partial charge in [-0.15, -0.1) is 10.2 Å². The van der Waals surface area contributed by atoms with Crippen molar-refractivity contribution in [3.05, 3.63) is 64.4 Å². The summed E-state index contributed by atoms with van der Waals surface area (Å²) in [5, 5.41) is 11.7. The predicted octanol–water partition coefficient (Wildman–Crippen LogP) is 4.38. The van der Waals surface area contributed by atoms with E-state index in [2.05, 4.69) is 57.4 Å². The van der Waals surface area contributed by atoms with Crippen molar-refractivity contribution in [3.8, 4) is 5.69 Å². The number of aryl methyl sites for hydroxylation is 2. The number of carbonyl (C=O) groups excluding carboxylic acids is 1. The average molecular weight is 417 g/mol. The number of rotatable bonds is 5. The maximum Gasteiger partial charge on any atom is 0.234 e.